The first kappa shape index (κ1) is 43.3. The van der Waals surface area contributed by atoms with Crippen molar-refractivity contribution in [2.75, 3.05) is 14.2 Å². The van der Waals surface area contributed by atoms with Crippen LogP contribution < -0.4 is 9.47 Å². The number of ether oxygens (including phenoxy) is 2. The molecule has 0 heterocycles. The highest BCUT2D eigenvalue weighted by Crippen LogP contribution is 2.40. The molecule has 8 nitrogen and oxygen atoms in total. The van der Waals surface area contributed by atoms with Crippen LogP contribution >= 0.6 is 0 Å². The molecule has 0 amide bonds. The van der Waals surface area contributed by atoms with Gasteiger partial charge in [-0.25, -0.2) is 0 Å². The lowest BCUT2D eigenvalue weighted by Crippen LogP contribution is -1.93. The van der Waals surface area contributed by atoms with Gasteiger partial charge in [0.15, 0.2) is 23.0 Å². The van der Waals surface area contributed by atoms with Gasteiger partial charge in [-0.15, -0.1) is 0 Å². The Morgan fingerprint density at radius 3 is 1.20 bits per heavy atom. The van der Waals surface area contributed by atoms with Gasteiger partial charge in [0.2, 0.25) is 0 Å². The fourth-order valence-electron chi connectivity index (χ4n) is 4.83. The molecule has 0 saturated carbocycles. The number of benzene rings is 3. The summed E-state index contributed by atoms with van der Waals surface area (Å²) in [5.41, 5.74) is 8.63. The molecule has 3 rings (SSSR count). The van der Waals surface area contributed by atoms with Crippen molar-refractivity contribution in [2.24, 2.45) is 0 Å². The molecule has 0 radical (unpaired) electrons. The van der Waals surface area contributed by atoms with E-state index in [4.69, 9.17) is 9.47 Å². The molecule has 3 aromatic carbocycles. The number of aromatic hydroxyl groups is 6. The monoisotopic (exact) mass is 692 g/mol. The van der Waals surface area contributed by atoms with Crippen molar-refractivity contribution in [1.29, 1.82) is 0 Å². The van der Waals surface area contributed by atoms with Crippen molar-refractivity contribution in [2.45, 2.75) is 108 Å². The van der Waals surface area contributed by atoms with E-state index in [2.05, 4.69) is 39.8 Å². The fraction of sp³-hybridized carbons (Fsp3) is 0.429. The van der Waals surface area contributed by atoms with Crippen LogP contribution in [0.5, 0.6) is 46.0 Å². The minimum atomic E-state index is 0.0698. The maximum atomic E-state index is 10.0. The van der Waals surface area contributed by atoms with E-state index >= 15 is 0 Å². The van der Waals surface area contributed by atoms with E-state index in [0.717, 1.165) is 36.0 Å². The summed E-state index contributed by atoms with van der Waals surface area (Å²) in [6.45, 7) is 19.5. The summed E-state index contributed by atoms with van der Waals surface area (Å²) >= 11 is 0. The summed E-state index contributed by atoms with van der Waals surface area (Å²) in [4.78, 5) is 0. The van der Waals surface area contributed by atoms with Crippen LogP contribution in [0.4, 0.5) is 0 Å². The molecule has 50 heavy (non-hydrogen) atoms. The molecule has 0 unspecified atom stereocenters. The summed E-state index contributed by atoms with van der Waals surface area (Å²) in [6, 6.07) is 4.80. The molecule has 0 aliphatic rings. The van der Waals surface area contributed by atoms with Gasteiger partial charge < -0.3 is 40.1 Å². The highest BCUT2D eigenvalue weighted by atomic mass is 16.5. The first-order chi connectivity index (χ1) is 23.5. The molecule has 0 bridgehead atoms. The zero-order chi connectivity index (χ0) is 38.3. The Morgan fingerprint density at radius 2 is 0.820 bits per heavy atom. The van der Waals surface area contributed by atoms with Crippen LogP contribution in [0.2, 0.25) is 0 Å². The van der Waals surface area contributed by atoms with Gasteiger partial charge in [0, 0.05) is 27.8 Å². The van der Waals surface area contributed by atoms with Crippen LogP contribution in [0.1, 0.15) is 99.7 Å². The molecule has 0 aliphatic carbocycles. The summed E-state index contributed by atoms with van der Waals surface area (Å²) < 4.78 is 10.1. The zero-order valence-electron chi connectivity index (χ0n) is 32.2. The van der Waals surface area contributed by atoms with Gasteiger partial charge in [0.05, 0.1) is 14.2 Å². The van der Waals surface area contributed by atoms with Crippen LogP contribution in [0, 0.1) is 27.7 Å². The molecular weight excluding hydrogens is 632 g/mol. The van der Waals surface area contributed by atoms with Crippen LogP contribution in [0.3, 0.4) is 0 Å². The predicted molar refractivity (Wildman–Crippen MR) is 205 cm³/mol. The van der Waals surface area contributed by atoms with E-state index in [1.807, 2.05) is 26.8 Å². The van der Waals surface area contributed by atoms with Crippen LogP contribution in [-0.4, -0.2) is 44.9 Å². The molecule has 6 N–H and O–H groups in total. The van der Waals surface area contributed by atoms with E-state index in [1.54, 1.807) is 39.0 Å². The number of hydrogen-bond donors (Lipinski definition) is 6. The van der Waals surface area contributed by atoms with E-state index < -0.39 is 0 Å². The van der Waals surface area contributed by atoms with E-state index in [-0.39, 0.29) is 28.7 Å². The molecular formula is C42H60O8. The smallest absolute Gasteiger partial charge is 0.167 e. The van der Waals surface area contributed by atoms with Gasteiger partial charge in [-0.2, -0.15) is 0 Å². The van der Waals surface area contributed by atoms with Gasteiger partial charge in [-0.05, 0) is 116 Å². The molecule has 0 aromatic heterocycles. The van der Waals surface area contributed by atoms with Gasteiger partial charge >= 0.3 is 0 Å². The SMILES string of the molecule is CC/C(C)=C/Cc1cc(O)c(C)c(C)c1O.CC/C(C)=C/Cc1cc(O)c(C)c(OC)c1O.CC/C(C)=C/Cc1cc(O)c(OC)c(C)c1O. The second kappa shape index (κ2) is 20.7. The van der Waals surface area contributed by atoms with Crippen molar-refractivity contribution >= 4 is 0 Å². The van der Waals surface area contributed by atoms with Crippen molar-refractivity contribution in [3.63, 3.8) is 0 Å². The lowest BCUT2D eigenvalue weighted by molar-refractivity contribution is 0.362. The molecule has 0 spiro atoms. The molecule has 0 atom stereocenters. The average Bonchev–Trinajstić information content (AvgIpc) is 3.10. The maximum absolute atomic E-state index is 10.0. The third-order valence-electron chi connectivity index (χ3n) is 9.11. The number of phenolic OH excluding ortho intramolecular Hbond substituents is 6. The Bertz CT molecular complexity index is 1680. The Kier molecular flexibility index (Phi) is 17.9. The Hall–Kier alpha value is -4.72. The van der Waals surface area contributed by atoms with Crippen molar-refractivity contribution < 1.29 is 40.1 Å². The van der Waals surface area contributed by atoms with E-state index in [9.17, 15) is 30.6 Å². The van der Waals surface area contributed by atoms with Crippen LogP contribution in [0.25, 0.3) is 0 Å². The molecule has 0 fully saturated rings. The Labute approximate surface area is 299 Å². The topological polar surface area (TPSA) is 140 Å². The third-order valence-corrected chi connectivity index (χ3v) is 9.11. The largest absolute Gasteiger partial charge is 0.508 e. The lowest BCUT2D eigenvalue weighted by Gasteiger charge is -2.12. The van der Waals surface area contributed by atoms with Crippen molar-refractivity contribution in [1.82, 2.24) is 0 Å². The van der Waals surface area contributed by atoms with Crippen LogP contribution in [-0.2, 0) is 19.3 Å². The Balaban J connectivity index is 0.000000375. The first-order valence-corrected chi connectivity index (χ1v) is 17.1. The lowest BCUT2D eigenvalue weighted by atomic mass is 10.00. The van der Waals surface area contributed by atoms with Crippen molar-refractivity contribution in [3.8, 4) is 46.0 Å². The highest BCUT2D eigenvalue weighted by Gasteiger charge is 2.15. The van der Waals surface area contributed by atoms with Gasteiger partial charge in [-0.1, -0.05) is 55.7 Å². The molecule has 3 aromatic rings. The van der Waals surface area contributed by atoms with Gasteiger partial charge in [0.25, 0.3) is 0 Å². The summed E-state index contributed by atoms with van der Waals surface area (Å²) in [5.74, 6) is 1.77. The predicted octanol–water partition coefficient (Wildman–Crippen LogP) is 10.2. The molecule has 276 valence electrons. The normalized spacial score (nSPS) is 11.7. The Morgan fingerprint density at radius 1 is 0.480 bits per heavy atom. The number of hydrogen-bond acceptors (Lipinski definition) is 8. The average molecular weight is 693 g/mol. The summed E-state index contributed by atoms with van der Waals surface area (Å²) in [5, 5.41) is 59.2. The number of methoxy groups -OCH3 is 2. The van der Waals surface area contributed by atoms with Crippen molar-refractivity contribution in [3.05, 3.63) is 92.1 Å². The summed E-state index contributed by atoms with van der Waals surface area (Å²) in [6.07, 6.45) is 11.0. The molecule has 0 saturated heterocycles. The number of allylic oxidation sites excluding steroid dienone is 6. The minimum absolute atomic E-state index is 0.0698. The van der Waals surface area contributed by atoms with E-state index in [1.165, 1.54) is 30.9 Å². The third kappa shape index (κ3) is 12.0. The second-order valence-electron chi connectivity index (χ2n) is 12.6. The standard InChI is InChI=1S/2C14H20O3.C14H20O2/c1-5-9(2)6-7-11-8-12(15)14(17-4)10(3)13(11)16;1-5-9(2)6-7-11-8-12(15)10(3)14(17-4)13(11)16;1-5-9(2)6-7-12-8-13(15)10(3)11(4)14(12)16/h2*6,8,15-16H,5,7H2,1-4H3;6,8,15-16H,5,7H2,1-4H3/b3*9-6+. The number of rotatable bonds is 11. The van der Waals surface area contributed by atoms with Crippen LogP contribution in [0.15, 0.2) is 53.1 Å². The number of phenols is 6. The minimum Gasteiger partial charge on any atom is -0.508 e. The first-order valence-electron chi connectivity index (χ1n) is 17.1. The zero-order valence-corrected chi connectivity index (χ0v) is 32.2. The molecule has 8 heteroatoms. The van der Waals surface area contributed by atoms with E-state index in [0.29, 0.717) is 58.8 Å². The highest BCUT2D eigenvalue weighted by molar-refractivity contribution is 5.58. The summed E-state index contributed by atoms with van der Waals surface area (Å²) in [7, 11) is 2.96. The molecule has 0 aliphatic heterocycles. The second-order valence-corrected chi connectivity index (χ2v) is 12.6. The fourth-order valence-corrected chi connectivity index (χ4v) is 4.83. The van der Waals surface area contributed by atoms with Gasteiger partial charge in [-0.3, -0.25) is 0 Å². The maximum Gasteiger partial charge on any atom is 0.167 e. The quantitative estimate of drug-likeness (QED) is 0.0862. The van der Waals surface area contributed by atoms with Gasteiger partial charge in [0.1, 0.15) is 23.0 Å².